The van der Waals surface area contributed by atoms with Crippen molar-refractivity contribution in [3.8, 4) is 0 Å². The molecule has 1 N–H and O–H groups in total. The molecular weight excluding hydrogens is 391 g/mol. The lowest BCUT2D eigenvalue weighted by atomic mass is 10.1. The molecule has 2 aromatic rings. The van der Waals surface area contributed by atoms with Crippen molar-refractivity contribution >= 4 is 55.1 Å². The Kier molecular flexibility index (Phi) is 3.02. The van der Waals surface area contributed by atoms with Crippen LogP contribution in [0.3, 0.4) is 0 Å². The summed E-state index contributed by atoms with van der Waals surface area (Å²) in [5.74, 6) is 0. The van der Waals surface area contributed by atoms with E-state index in [1.54, 1.807) is 0 Å². The Labute approximate surface area is 122 Å². The summed E-state index contributed by atoms with van der Waals surface area (Å²) in [6, 6.07) is 4.33. The van der Waals surface area contributed by atoms with E-state index in [-0.39, 0.29) is 0 Å². The molecule has 1 aromatic carbocycles. The van der Waals surface area contributed by atoms with Crippen molar-refractivity contribution in [2.75, 3.05) is 12.4 Å². The first-order chi connectivity index (χ1) is 8.20. The van der Waals surface area contributed by atoms with E-state index >= 15 is 0 Å². The van der Waals surface area contributed by atoms with Crippen LogP contribution in [-0.4, -0.2) is 12.0 Å². The van der Waals surface area contributed by atoms with Crippen LogP contribution in [0.2, 0.25) is 0 Å². The first-order valence-electron chi connectivity index (χ1n) is 5.69. The molecule has 0 bridgehead atoms. The van der Waals surface area contributed by atoms with Gasteiger partial charge < -0.3 is 5.32 Å². The number of halogens is 2. The fourth-order valence-electron chi connectivity index (χ4n) is 2.57. The van der Waals surface area contributed by atoms with Crippen LogP contribution in [0.5, 0.6) is 0 Å². The first-order valence-corrected chi connectivity index (χ1v) is 7.56. The van der Waals surface area contributed by atoms with Gasteiger partial charge in [0.15, 0.2) is 0 Å². The van der Waals surface area contributed by atoms with Crippen LogP contribution in [0.25, 0.3) is 10.9 Å². The number of rotatable bonds is 1. The standard InChI is InChI=1S/C13H12BrIN2/c1-16-12-8-3-2-4-11(8)17-13-9(12)5-7(15)6-10(13)14/h5-6H,2-4H2,1H3,(H,16,17). The average molecular weight is 403 g/mol. The molecule has 1 aliphatic rings. The van der Waals surface area contributed by atoms with Crippen LogP contribution >= 0.6 is 38.5 Å². The van der Waals surface area contributed by atoms with Crippen LogP contribution in [0.1, 0.15) is 17.7 Å². The maximum Gasteiger partial charge on any atom is 0.0868 e. The lowest BCUT2D eigenvalue weighted by Gasteiger charge is -2.13. The van der Waals surface area contributed by atoms with E-state index < -0.39 is 0 Å². The van der Waals surface area contributed by atoms with Crippen molar-refractivity contribution in [1.29, 1.82) is 0 Å². The van der Waals surface area contributed by atoms with Gasteiger partial charge in [-0.2, -0.15) is 0 Å². The maximum atomic E-state index is 4.81. The molecule has 0 aliphatic heterocycles. The smallest absolute Gasteiger partial charge is 0.0868 e. The third-order valence-corrected chi connectivity index (χ3v) is 4.51. The van der Waals surface area contributed by atoms with Crippen molar-refractivity contribution in [3.63, 3.8) is 0 Å². The van der Waals surface area contributed by atoms with Crippen molar-refractivity contribution in [2.45, 2.75) is 19.3 Å². The zero-order valence-corrected chi connectivity index (χ0v) is 13.2. The predicted octanol–water partition coefficient (Wildman–Crippen LogP) is 4.13. The molecule has 0 spiro atoms. The summed E-state index contributed by atoms with van der Waals surface area (Å²) in [7, 11) is 2.00. The molecule has 0 saturated heterocycles. The van der Waals surface area contributed by atoms with E-state index in [1.165, 1.54) is 32.3 Å². The lowest BCUT2D eigenvalue weighted by Crippen LogP contribution is -2.00. The van der Waals surface area contributed by atoms with Gasteiger partial charge in [0.2, 0.25) is 0 Å². The van der Waals surface area contributed by atoms with Gasteiger partial charge in [0.1, 0.15) is 0 Å². The highest BCUT2D eigenvalue weighted by atomic mass is 127. The highest BCUT2D eigenvalue weighted by Gasteiger charge is 2.20. The number of benzene rings is 1. The third kappa shape index (κ3) is 1.85. The number of hydrogen-bond acceptors (Lipinski definition) is 2. The van der Waals surface area contributed by atoms with Gasteiger partial charge in [0.05, 0.1) is 5.52 Å². The summed E-state index contributed by atoms with van der Waals surface area (Å²) in [6.07, 6.45) is 3.48. The van der Waals surface area contributed by atoms with Crippen molar-refractivity contribution in [1.82, 2.24) is 4.98 Å². The number of hydrogen-bond donors (Lipinski definition) is 1. The molecule has 0 fully saturated rings. The van der Waals surface area contributed by atoms with Gasteiger partial charge in [-0.1, -0.05) is 0 Å². The molecule has 0 unspecified atom stereocenters. The first kappa shape index (κ1) is 11.7. The number of aromatic nitrogens is 1. The van der Waals surface area contributed by atoms with E-state index in [2.05, 4.69) is 56.0 Å². The highest BCUT2D eigenvalue weighted by Crippen LogP contribution is 2.37. The Bertz CT molecular complexity index is 610. The molecule has 0 amide bonds. The normalized spacial score (nSPS) is 14.1. The van der Waals surface area contributed by atoms with Crippen LogP contribution in [0.15, 0.2) is 16.6 Å². The second-order valence-electron chi connectivity index (χ2n) is 4.30. The van der Waals surface area contributed by atoms with Gasteiger partial charge in [-0.3, -0.25) is 4.98 Å². The summed E-state index contributed by atoms with van der Waals surface area (Å²) < 4.78 is 2.32. The fraction of sp³-hybridized carbons (Fsp3) is 0.308. The molecule has 17 heavy (non-hydrogen) atoms. The molecule has 1 aromatic heterocycles. The van der Waals surface area contributed by atoms with Gasteiger partial charge in [-0.05, 0) is 75.5 Å². The molecule has 0 saturated carbocycles. The molecule has 1 aliphatic carbocycles. The summed E-state index contributed by atoms with van der Waals surface area (Å²) in [5, 5.41) is 4.59. The lowest BCUT2D eigenvalue weighted by molar-refractivity contribution is 0.901. The monoisotopic (exact) mass is 402 g/mol. The number of nitrogens with zero attached hydrogens (tertiary/aromatic N) is 1. The SMILES string of the molecule is CNc1c2c(nc3c(Br)cc(I)cc13)CCC2. The zero-order valence-electron chi connectivity index (χ0n) is 9.48. The van der Waals surface area contributed by atoms with Gasteiger partial charge in [-0.15, -0.1) is 0 Å². The minimum atomic E-state index is 1.08. The number of pyridine rings is 1. The maximum absolute atomic E-state index is 4.81. The van der Waals surface area contributed by atoms with Gasteiger partial charge in [0.25, 0.3) is 0 Å². The van der Waals surface area contributed by atoms with E-state index in [0.29, 0.717) is 0 Å². The van der Waals surface area contributed by atoms with Gasteiger partial charge in [-0.25, -0.2) is 0 Å². The number of nitrogens with one attached hydrogen (secondary N) is 1. The number of aryl methyl sites for hydroxylation is 1. The molecule has 3 rings (SSSR count). The van der Waals surface area contributed by atoms with Gasteiger partial charge in [0, 0.05) is 31.9 Å². The minimum Gasteiger partial charge on any atom is -0.387 e. The van der Waals surface area contributed by atoms with Crippen molar-refractivity contribution in [2.24, 2.45) is 0 Å². The summed E-state index contributed by atoms with van der Waals surface area (Å²) in [4.78, 5) is 4.81. The van der Waals surface area contributed by atoms with Crippen molar-refractivity contribution in [3.05, 3.63) is 31.4 Å². The summed E-state index contributed by atoms with van der Waals surface area (Å²) >= 11 is 5.97. The molecule has 1 heterocycles. The summed E-state index contributed by atoms with van der Waals surface area (Å²) in [5.41, 5.74) is 5.02. The Morgan fingerprint density at radius 2 is 2.18 bits per heavy atom. The Morgan fingerprint density at radius 1 is 1.35 bits per heavy atom. The number of anilines is 1. The van der Waals surface area contributed by atoms with Crippen LogP contribution < -0.4 is 5.32 Å². The average Bonchev–Trinajstić information content (AvgIpc) is 2.74. The minimum absolute atomic E-state index is 1.08. The van der Waals surface area contributed by atoms with Crippen LogP contribution in [0.4, 0.5) is 5.69 Å². The predicted molar refractivity (Wildman–Crippen MR) is 83.7 cm³/mol. The van der Waals surface area contributed by atoms with E-state index in [4.69, 9.17) is 4.98 Å². The molecule has 0 atom stereocenters. The Hall–Kier alpha value is -0.360. The molecule has 0 radical (unpaired) electrons. The Balaban J connectivity index is 2.45. The molecule has 88 valence electrons. The van der Waals surface area contributed by atoms with E-state index in [1.807, 2.05) is 7.05 Å². The second-order valence-corrected chi connectivity index (χ2v) is 6.40. The third-order valence-electron chi connectivity index (χ3n) is 3.28. The summed E-state index contributed by atoms with van der Waals surface area (Å²) in [6.45, 7) is 0. The molecule has 4 heteroatoms. The Morgan fingerprint density at radius 3 is 2.94 bits per heavy atom. The van der Waals surface area contributed by atoms with E-state index in [0.717, 1.165) is 22.8 Å². The van der Waals surface area contributed by atoms with E-state index in [9.17, 15) is 0 Å². The van der Waals surface area contributed by atoms with Gasteiger partial charge >= 0.3 is 0 Å². The van der Waals surface area contributed by atoms with Crippen molar-refractivity contribution < 1.29 is 0 Å². The zero-order chi connectivity index (χ0) is 12.0. The topological polar surface area (TPSA) is 24.9 Å². The van der Waals surface area contributed by atoms with Crippen LogP contribution in [0, 0.1) is 3.57 Å². The fourth-order valence-corrected chi connectivity index (χ4v) is 4.17. The quantitative estimate of drug-likeness (QED) is 0.725. The highest BCUT2D eigenvalue weighted by molar-refractivity contribution is 14.1. The molecule has 2 nitrogen and oxygen atoms in total. The molecular formula is C13H12BrIN2. The second kappa shape index (κ2) is 4.39. The largest absolute Gasteiger partial charge is 0.387 e. The number of fused-ring (bicyclic) bond motifs is 2. The van der Waals surface area contributed by atoms with Crippen LogP contribution in [-0.2, 0) is 12.8 Å².